The molecular weight excluding hydrogens is 226 g/mol. The van der Waals surface area contributed by atoms with Crippen LogP contribution in [-0.2, 0) is 4.79 Å². The molecule has 0 spiro atoms. The Balaban J connectivity index is 2.42. The van der Waals surface area contributed by atoms with Crippen LogP contribution in [0.2, 0.25) is 5.02 Å². The first-order chi connectivity index (χ1) is 7.61. The van der Waals surface area contributed by atoms with Crippen molar-refractivity contribution in [2.45, 2.75) is 13.0 Å². The summed E-state index contributed by atoms with van der Waals surface area (Å²) in [5.41, 5.74) is 0. The Bertz CT molecular complexity index is 379. The van der Waals surface area contributed by atoms with Crippen molar-refractivity contribution in [1.29, 1.82) is 0 Å². The van der Waals surface area contributed by atoms with Crippen molar-refractivity contribution in [1.82, 2.24) is 5.32 Å². The zero-order chi connectivity index (χ0) is 12.0. The second kappa shape index (κ2) is 6.18. The van der Waals surface area contributed by atoms with Crippen molar-refractivity contribution >= 4 is 17.5 Å². The third-order valence-corrected chi connectivity index (χ3v) is 2.12. The third-order valence-electron chi connectivity index (χ3n) is 1.88. The highest BCUT2D eigenvalue weighted by atomic mass is 35.5. The van der Waals surface area contributed by atoms with Gasteiger partial charge < -0.3 is 10.1 Å². The van der Waals surface area contributed by atoms with Crippen LogP contribution in [0.1, 0.15) is 6.92 Å². The van der Waals surface area contributed by atoms with E-state index in [2.05, 4.69) is 11.9 Å². The molecule has 0 bridgehead atoms. The van der Waals surface area contributed by atoms with Gasteiger partial charge in [0.25, 0.3) is 0 Å². The van der Waals surface area contributed by atoms with Gasteiger partial charge in [-0.3, -0.25) is 4.79 Å². The summed E-state index contributed by atoms with van der Waals surface area (Å²) in [5.74, 6) is 0.481. The zero-order valence-corrected chi connectivity index (χ0v) is 9.83. The number of amides is 1. The normalized spacial score (nSPS) is 11.6. The molecule has 0 heterocycles. The van der Waals surface area contributed by atoms with Crippen molar-refractivity contribution in [2.24, 2.45) is 0 Å². The summed E-state index contributed by atoms with van der Waals surface area (Å²) >= 11 is 5.82. The zero-order valence-electron chi connectivity index (χ0n) is 9.07. The lowest BCUT2D eigenvalue weighted by molar-refractivity contribution is -0.116. The van der Waals surface area contributed by atoms with Crippen molar-refractivity contribution in [3.05, 3.63) is 41.9 Å². The second-order valence-electron chi connectivity index (χ2n) is 3.34. The van der Waals surface area contributed by atoms with Gasteiger partial charge in [0.15, 0.2) is 0 Å². The molecule has 1 atom stereocenters. The van der Waals surface area contributed by atoms with Crippen LogP contribution < -0.4 is 10.1 Å². The molecule has 1 N–H and O–H groups in total. The smallest absolute Gasteiger partial charge is 0.243 e. The summed E-state index contributed by atoms with van der Waals surface area (Å²) in [6.07, 6.45) is 1.11. The first kappa shape index (κ1) is 12.6. The molecule has 0 radical (unpaired) electrons. The van der Waals surface area contributed by atoms with Crippen molar-refractivity contribution in [2.75, 3.05) is 6.54 Å². The number of ether oxygens (including phenoxy) is 1. The maximum atomic E-state index is 10.9. The SMILES string of the molecule is C=CC(=O)NCC(C)Oc1cccc(Cl)c1. The van der Waals surface area contributed by atoms with Crippen molar-refractivity contribution < 1.29 is 9.53 Å². The number of hydrogen-bond acceptors (Lipinski definition) is 2. The number of nitrogens with one attached hydrogen (secondary N) is 1. The molecule has 1 aromatic carbocycles. The molecule has 0 fully saturated rings. The fourth-order valence-corrected chi connectivity index (χ4v) is 1.31. The van der Waals surface area contributed by atoms with E-state index in [1.165, 1.54) is 6.08 Å². The van der Waals surface area contributed by atoms with Gasteiger partial charge in [0.1, 0.15) is 11.9 Å². The van der Waals surface area contributed by atoms with Crippen molar-refractivity contribution in [3.8, 4) is 5.75 Å². The monoisotopic (exact) mass is 239 g/mol. The molecule has 0 saturated heterocycles. The Kier molecular flexibility index (Phi) is 4.86. The first-order valence-electron chi connectivity index (χ1n) is 4.94. The maximum absolute atomic E-state index is 10.9. The fraction of sp³-hybridized carbons (Fsp3) is 0.250. The highest BCUT2D eigenvalue weighted by molar-refractivity contribution is 6.30. The lowest BCUT2D eigenvalue weighted by Gasteiger charge is -2.14. The Hall–Kier alpha value is -1.48. The lowest BCUT2D eigenvalue weighted by Crippen LogP contribution is -2.32. The number of hydrogen-bond donors (Lipinski definition) is 1. The van der Waals surface area contributed by atoms with Gasteiger partial charge >= 0.3 is 0 Å². The highest BCUT2D eigenvalue weighted by Crippen LogP contribution is 2.18. The summed E-state index contributed by atoms with van der Waals surface area (Å²) in [6, 6.07) is 7.14. The molecule has 0 aliphatic rings. The molecule has 1 rings (SSSR count). The minimum absolute atomic E-state index is 0.123. The number of carbonyl (C=O) groups excluding carboxylic acids is 1. The maximum Gasteiger partial charge on any atom is 0.243 e. The number of carbonyl (C=O) groups is 1. The molecule has 0 aromatic heterocycles. The Morgan fingerprint density at radius 1 is 1.69 bits per heavy atom. The number of halogens is 1. The van der Waals surface area contributed by atoms with Gasteiger partial charge in [-0.25, -0.2) is 0 Å². The van der Waals surface area contributed by atoms with Crippen LogP contribution in [-0.4, -0.2) is 18.6 Å². The van der Waals surface area contributed by atoms with E-state index in [4.69, 9.17) is 16.3 Å². The molecule has 4 heteroatoms. The Labute approximate surface area is 100 Å². The molecule has 1 unspecified atom stereocenters. The van der Waals surface area contributed by atoms with E-state index in [9.17, 15) is 4.79 Å². The van der Waals surface area contributed by atoms with Gasteiger partial charge in [0.05, 0.1) is 6.54 Å². The average Bonchev–Trinajstić information content (AvgIpc) is 2.26. The Morgan fingerprint density at radius 2 is 2.44 bits per heavy atom. The summed E-state index contributed by atoms with van der Waals surface area (Å²) in [4.78, 5) is 10.9. The van der Waals surface area contributed by atoms with Crippen LogP contribution in [0.3, 0.4) is 0 Å². The molecule has 0 aliphatic carbocycles. The lowest BCUT2D eigenvalue weighted by atomic mass is 10.3. The van der Waals surface area contributed by atoms with Gasteiger partial charge in [0.2, 0.25) is 5.91 Å². The number of rotatable bonds is 5. The molecule has 0 saturated carbocycles. The number of benzene rings is 1. The van der Waals surface area contributed by atoms with Crippen molar-refractivity contribution in [3.63, 3.8) is 0 Å². The standard InChI is InChI=1S/C12H14ClNO2/c1-3-12(15)14-8-9(2)16-11-6-4-5-10(13)7-11/h3-7,9H,1,8H2,2H3,(H,14,15). The van der Waals surface area contributed by atoms with E-state index in [-0.39, 0.29) is 12.0 Å². The molecule has 1 amide bonds. The van der Waals surface area contributed by atoms with Gasteiger partial charge in [0, 0.05) is 5.02 Å². The highest BCUT2D eigenvalue weighted by Gasteiger charge is 2.05. The van der Waals surface area contributed by atoms with E-state index in [1.54, 1.807) is 12.1 Å². The summed E-state index contributed by atoms with van der Waals surface area (Å²) < 4.78 is 5.56. The van der Waals surface area contributed by atoms with Crippen LogP contribution >= 0.6 is 11.6 Å². The van der Waals surface area contributed by atoms with Crippen LogP contribution in [0, 0.1) is 0 Å². The quantitative estimate of drug-likeness (QED) is 0.802. The summed E-state index contributed by atoms with van der Waals surface area (Å²) in [7, 11) is 0. The first-order valence-corrected chi connectivity index (χ1v) is 5.32. The third kappa shape index (κ3) is 4.36. The Morgan fingerprint density at radius 3 is 3.06 bits per heavy atom. The fourth-order valence-electron chi connectivity index (χ4n) is 1.13. The second-order valence-corrected chi connectivity index (χ2v) is 3.77. The van der Waals surface area contributed by atoms with E-state index in [0.29, 0.717) is 17.3 Å². The summed E-state index contributed by atoms with van der Waals surface area (Å²) in [6.45, 7) is 5.66. The van der Waals surface area contributed by atoms with E-state index in [0.717, 1.165) is 0 Å². The molecule has 1 aromatic rings. The molecule has 3 nitrogen and oxygen atoms in total. The van der Waals surface area contributed by atoms with E-state index in [1.807, 2.05) is 19.1 Å². The van der Waals surface area contributed by atoms with Crippen LogP contribution in [0.5, 0.6) is 5.75 Å². The van der Waals surface area contributed by atoms with E-state index >= 15 is 0 Å². The minimum atomic E-state index is -0.207. The predicted octanol–water partition coefficient (Wildman–Crippen LogP) is 2.41. The van der Waals surface area contributed by atoms with Crippen LogP contribution in [0.4, 0.5) is 0 Å². The molecule has 86 valence electrons. The topological polar surface area (TPSA) is 38.3 Å². The molecule has 16 heavy (non-hydrogen) atoms. The average molecular weight is 240 g/mol. The van der Waals surface area contributed by atoms with E-state index < -0.39 is 0 Å². The van der Waals surface area contributed by atoms with Gasteiger partial charge in [-0.1, -0.05) is 24.2 Å². The predicted molar refractivity (Wildman–Crippen MR) is 64.7 cm³/mol. The summed E-state index contributed by atoms with van der Waals surface area (Å²) in [5, 5.41) is 3.28. The minimum Gasteiger partial charge on any atom is -0.489 e. The van der Waals surface area contributed by atoms with Crippen LogP contribution in [0.15, 0.2) is 36.9 Å². The van der Waals surface area contributed by atoms with Gasteiger partial charge in [-0.15, -0.1) is 0 Å². The van der Waals surface area contributed by atoms with Gasteiger partial charge in [-0.2, -0.15) is 0 Å². The van der Waals surface area contributed by atoms with Crippen LogP contribution in [0.25, 0.3) is 0 Å². The molecular formula is C12H14ClNO2. The molecule has 0 aliphatic heterocycles. The van der Waals surface area contributed by atoms with Gasteiger partial charge in [-0.05, 0) is 31.2 Å². The largest absolute Gasteiger partial charge is 0.489 e.